The molecule has 106 valence electrons. The summed E-state index contributed by atoms with van der Waals surface area (Å²) >= 11 is 0. The fraction of sp³-hybridized carbons (Fsp3) is 0.308. The molecule has 7 nitrogen and oxygen atoms in total. The van der Waals surface area contributed by atoms with Gasteiger partial charge in [0.15, 0.2) is 0 Å². The number of carboxylic acids is 2. The Hall–Kier alpha value is -2.41. The Morgan fingerprint density at radius 2 is 1.60 bits per heavy atom. The molecule has 0 saturated heterocycles. The molecule has 1 aromatic carbocycles. The van der Waals surface area contributed by atoms with E-state index in [1.165, 1.54) is 12.1 Å². The highest BCUT2D eigenvalue weighted by Crippen LogP contribution is 2.45. The largest absolute Gasteiger partial charge is 0.478 e. The normalized spacial score (nSPS) is 15.4. The Morgan fingerprint density at radius 1 is 1.10 bits per heavy atom. The smallest absolute Gasteiger partial charge is 0.335 e. The Kier molecular flexibility index (Phi) is 3.46. The quantitative estimate of drug-likeness (QED) is 0.629. The lowest BCUT2D eigenvalue weighted by Gasteiger charge is -2.13. The molecule has 0 bridgehead atoms. The van der Waals surface area contributed by atoms with Crippen LogP contribution in [0.25, 0.3) is 0 Å². The lowest BCUT2D eigenvalue weighted by Crippen LogP contribution is -2.31. The monoisotopic (exact) mass is 278 g/mol. The Labute approximate surface area is 114 Å². The lowest BCUT2D eigenvalue weighted by atomic mass is 10.1. The zero-order valence-corrected chi connectivity index (χ0v) is 10.5. The molecule has 1 aliphatic carbocycles. The third-order valence-corrected chi connectivity index (χ3v) is 3.41. The topological polar surface area (TPSA) is 130 Å². The number of benzene rings is 1. The van der Waals surface area contributed by atoms with E-state index >= 15 is 0 Å². The summed E-state index contributed by atoms with van der Waals surface area (Å²) in [7, 11) is 0. The second-order valence-corrected chi connectivity index (χ2v) is 4.85. The van der Waals surface area contributed by atoms with Gasteiger partial charge in [0.1, 0.15) is 0 Å². The lowest BCUT2D eigenvalue weighted by molar-refractivity contribution is -0.120. The van der Waals surface area contributed by atoms with Crippen molar-refractivity contribution < 1.29 is 24.6 Å². The first-order valence-electron chi connectivity index (χ1n) is 6.01. The number of carboxylic acid groups (broad SMARTS) is 2. The standard InChI is InChI=1S/C13H14N2O5/c14-6-13(1-2-13)12(20)15-9-4-7(10(16)17)3-8(5-9)11(18)19/h3-5H,1-2,6,14H2,(H,15,20)(H,16,17)(H,18,19). The third kappa shape index (κ3) is 2.62. The number of hydrogen-bond acceptors (Lipinski definition) is 4. The van der Waals surface area contributed by atoms with Gasteiger partial charge < -0.3 is 21.3 Å². The van der Waals surface area contributed by atoms with Crippen LogP contribution in [0.4, 0.5) is 5.69 Å². The van der Waals surface area contributed by atoms with Crippen LogP contribution in [0.3, 0.4) is 0 Å². The average Bonchev–Trinajstić information content (AvgIpc) is 3.19. The SMILES string of the molecule is NCC1(C(=O)Nc2cc(C(=O)O)cc(C(=O)O)c2)CC1. The van der Waals surface area contributed by atoms with Crippen LogP contribution in [-0.2, 0) is 4.79 Å². The molecule has 0 atom stereocenters. The van der Waals surface area contributed by atoms with Crippen LogP contribution >= 0.6 is 0 Å². The maximum atomic E-state index is 12.0. The fourth-order valence-corrected chi connectivity index (χ4v) is 1.89. The molecule has 5 N–H and O–H groups in total. The molecule has 1 amide bonds. The number of amides is 1. The third-order valence-electron chi connectivity index (χ3n) is 3.41. The number of rotatable bonds is 5. The van der Waals surface area contributed by atoms with Crippen LogP contribution in [0.5, 0.6) is 0 Å². The van der Waals surface area contributed by atoms with Crippen molar-refractivity contribution in [1.82, 2.24) is 0 Å². The Bertz CT molecular complexity index is 560. The summed E-state index contributed by atoms with van der Waals surface area (Å²) in [6, 6.07) is 3.48. The zero-order chi connectivity index (χ0) is 14.9. The van der Waals surface area contributed by atoms with Crippen LogP contribution in [0.15, 0.2) is 18.2 Å². The summed E-state index contributed by atoms with van der Waals surface area (Å²) in [5, 5.41) is 20.4. The minimum absolute atomic E-state index is 0.145. The summed E-state index contributed by atoms with van der Waals surface area (Å²) in [5.74, 6) is -2.83. The van der Waals surface area contributed by atoms with Gasteiger partial charge in [0.2, 0.25) is 5.91 Å². The van der Waals surface area contributed by atoms with Gasteiger partial charge in [-0.3, -0.25) is 4.79 Å². The van der Waals surface area contributed by atoms with E-state index in [1.54, 1.807) is 0 Å². The summed E-state index contributed by atoms with van der Waals surface area (Å²) in [4.78, 5) is 33.9. The second kappa shape index (κ2) is 4.93. The van der Waals surface area contributed by atoms with Gasteiger partial charge in [-0.05, 0) is 31.0 Å². The summed E-state index contributed by atoms with van der Waals surface area (Å²) in [5.41, 5.74) is 4.69. The number of carbonyl (C=O) groups excluding carboxylic acids is 1. The van der Waals surface area contributed by atoms with Gasteiger partial charge in [-0.15, -0.1) is 0 Å². The highest BCUT2D eigenvalue weighted by Gasteiger charge is 2.48. The number of nitrogens with one attached hydrogen (secondary N) is 1. The van der Waals surface area contributed by atoms with Gasteiger partial charge in [-0.25, -0.2) is 9.59 Å². The molecule has 1 saturated carbocycles. The van der Waals surface area contributed by atoms with E-state index in [4.69, 9.17) is 15.9 Å². The molecule has 20 heavy (non-hydrogen) atoms. The van der Waals surface area contributed by atoms with E-state index in [-0.39, 0.29) is 29.3 Å². The van der Waals surface area contributed by atoms with Crippen molar-refractivity contribution in [3.63, 3.8) is 0 Å². The van der Waals surface area contributed by atoms with Gasteiger partial charge in [0, 0.05) is 12.2 Å². The van der Waals surface area contributed by atoms with Gasteiger partial charge >= 0.3 is 11.9 Å². The van der Waals surface area contributed by atoms with E-state index < -0.39 is 17.4 Å². The number of aromatic carboxylic acids is 2. The molecule has 0 radical (unpaired) electrons. The predicted octanol–water partition coefficient (Wildman–Crippen LogP) is 0.760. The summed E-state index contributed by atoms with van der Waals surface area (Å²) < 4.78 is 0. The van der Waals surface area contributed by atoms with Crippen molar-refractivity contribution in [2.45, 2.75) is 12.8 Å². The van der Waals surface area contributed by atoms with Gasteiger partial charge in [-0.1, -0.05) is 0 Å². The van der Waals surface area contributed by atoms with Gasteiger partial charge in [0.05, 0.1) is 16.5 Å². The molecule has 7 heteroatoms. The molecule has 0 aliphatic heterocycles. The van der Waals surface area contributed by atoms with Crippen LogP contribution in [-0.4, -0.2) is 34.6 Å². The first-order chi connectivity index (χ1) is 9.38. The predicted molar refractivity (Wildman–Crippen MR) is 69.7 cm³/mol. The van der Waals surface area contributed by atoms with Crippen molar-refractivity contribution in [3.05, 3.63) is 29.3 Å². The van der Waals surface area contributed by atoms with E-state index in [0.717, 1.165) is 6.07 Å². The molecule has 2 rings (SSSR count). The van der Waals surface area contributed by atoms with Crippen molar-refractivity contribution in [1.29, 1.82) is 0 Å². The highest BCUT2D eigenvalue weighted by atomic mass is 16.4. The molecule has 1 aromatic rings. The first-order valence-corrected chi connectivity index (χ1v) is 6.01. The van der Waals surface area contributed by atoms with E-state index in [1.807, 2.05) is 0 Å². The van der Waals surface area contributed by atoms with Crippen molar-refractivity contribution in [2.24, 2.45) is 11.1 Å². The highest BCUT2D eigenvalue weighted by molar-refractivity contribution is 6.01. The zero-order valence-electron chi connectivity index (χ0n) is 10.5. The number of anilines is 1. The Morgan fingerprint density at radius 3 is 1.95 bits per heavy atom. The minimum atomic E-state index is -1.26. The van der Waals surface area contributed by atoms with Crippen LogP contribution in [0, 0.1) is 5.41 Å². The number of nitrogens with two attached hydrogens (primary N) is 1. The molecule has 0 spiro atoms. The maximum absolute atomic E-state index is 12.0. The first kappa shape index (κ1) is 14.0. The fourth-order valence-electron chi connectivity index (χ4n) is 1.89. The number of carbonyl (C=O) groups is 3. The minimum Gasteiger partial charge on any atom is -0.478 e. The van der Waals surface area contributed by atoms with Crippen molar-refractivity contribution in [3.8, 4) is 0 Å². The van der Waals surface area contributed by atoms with Crippen LogP contribution in [0.1, 0.15) is 33.6 Å². The maximum Gasteiger partial charge on any atom is 0.335 e. The van der Waals surface area contributed by atoms with E-state index in [0.29, 0.717) is 12.8 Å². The second-order valence-electron chi connectivity index (χ2n) is 4.85. The van der Waals surface area contributed by atoms with E-state index in [9.17, 15) is 14.4 Å². The van der Waals surface area contributed by atoms with Crippen LogP contribution in [0.2, 0.25) is 0 Å². The summed E-state index contributed by atoms with van der Waals surface area (Å²) in [6.45, 7) is 0.212. The molecule has 1 aliphatic rings. The molecule has 0 aromatic heterocycles. The molecular formula is C13H14N2O5. The molecule has 0 heterocycles. The molecule has 0 unspecified atom stereocenters. The molecular weight excluding hydrogens is 264 g/mol. The Balaban J connectivity index is 2.29. The summed E-state index contributed by atoms with van der Waals surface area (Å²) in [6.07, 6.45) is 1.36. The molecule has 1 fully saturated rings. The van der Waals surface area contributed by atoms with Gasteiger partial charge in [-0.2, -0.15) is 0 Å². The van der Waals surface area contributed by atoms with E-state index in [2.05, 4.69) is 5.32 Å². The average molecular weight is 278 g/mol. The van der Waals surface area contributed by atoms with Crippen molar-refractivity contribution in [2.75, 3.05) is 11.9 Å². The van der Waals surface area contributed by atoms with Crippen molar-refractivity contribution >= 4 is 23.5 Å². The van der Waals surface area contributed by atoms with Crippen LogP contribution < -0.4 is 11.1 Å². The van der Waals surface area contributed by atoms with Gasteiger partial charge in [0.25, 0.3) is 0 Å². The number of hydrogen-bond donors (Lipinski definition) is 4.